The molecule has 1 aromatic rings. The van der Waals surface area contributed by atoms with Gasteiger partial charge in [0.2, 0.25) is 0 Å². The van der Waals surface area contributed by atoms with Gasteiger partial charge in [0.1, 0.15) is 5.69 Å². The predicted octanol–water partition coefficient (Wildman–Crippen LogP) is -0.223. The van der Waals surface area contributed by atoms with Gasteiger partial charge in [0.15, 0.2) is 0 Å². The maximum atomic E-state index is 11.8. The first-order valence-corrected chi connectivity index (χ1v) is 5.30. The molecular weight excluding hydrogens is 206 g/mol. The molecule has 0 spiro atoms. The molecule has 0 bridgehead atoms. The van der Waals surface area contributed by atoms with Crippen LogP contribution in [0.2, 0.25) is 0 Å². The second-order valence-corrected chi connectivity index (χ2v) is 3.82. The fourth-order valence-electron chi connectivity index (χ4n) is 1.36. The molecule has 0 unspecified atom stereocenters. The predicted molar refractivity (Wildman–Crippen MR) is 63.2 cm³/mol. The molecule has 6 heteroatoms. The number of aromatic nitrogens is 2. The third-order valence-corrected chi connectivity index (χ3v) is 2.23. The summed E-state index contributed by atoms with van der Waals surface area (Å²) in [5.74, 6) is -0.168. The zero-order valence-corrected chi connectivity index (χ0v) is 10.0. The Morgan fingerprint density at radius 2 is 2.31 bits per heavy atom. The number of hydrogen-bond donors (Lipinski definition) is 2. The quantitative estimate of drug-likeness (QED) is 0.726. The number of carbonyl (C=O) groups is 1. The first-order chi connectivity index (χ1) is 7.56. The molecule has 90 valence electrons. The molecule has 1 heterocycles. The Morgan fingerprint density at radius 3 is 2.88 bits per heavy atom. The molecule has 0 aliphatic carbocycles. The van der Waals surface area contributed by atoms with Crippen LogP contribution >= 0.6 is 0 Å². The van der Waals surface area contributed by atoms with E-state index in [9.17, 15) is 4.79 Å². The van der Waals surface area contributed by atoms with Crippen molar-refractivity contribution in [2.45, 2.75) is 13.5 Å². The lowest BCUT2D eigenvalue weighted by Gasteiger charge is -2.11. The van der Waals surface area contributed by atoms with Crippen LogP contribution in [0.15, 0.2) is 6.20 Å². The van der Waals surface area contributed by atoms with Gasteiger partial charge < -0.3 is 16.0 Å². The SMILES string of the molecule is CCn1ncc(N)c1C(=O)NCCN(C)C. The molecule has 6 nitrogen and oxygen atoms in total. The number of anilines is 1. The van der Waals surface area contributed by atoms with E-state index in [0.29, 0.717) is 24.5 Å². The first kappa shape index (κ1) is 12.5. The van der Waals surface area contributed by atoms with Crippen molar-refractivity contribution in [2.75, 3.05) is 32.9 Å². The van der Waals surface area contributed by atoms with E-state index in [4.69, 9.17) is 5.73 Å². The fraction of sp³-hybridized carbons (Fsp3) is 0.600. The lowest BCUT2D eigenvalue weighted by Crippen LogP contribution is -2.33. The molecular formula is C10H19N5O. The Kier molecular flexibility index (Phi) is 4.30. The van der Waals surface area contributed by atoms with Crippen molar-refractivity contribution in [2.24, 2.45) is 0 Å². The van der Waals surface area contributed by atoms with Gasteiger partial charge in [0.05, 0.1) is 11.9 Å². The third kappa shape index (κ3) is 2.96. The number of aryl methyl sites for hydroxylation is 1. The van der Waals surface area contributed by atoms with Gasteiger partial charge in [0, 0.05) is 19.6 Å². The molecule has 0 saturated carbocycles. The summed E-state index contributed by atoms with van der Waals surface area (Å²) in [5, 5.41) is 6.83. The van der Waals surface area contributed by atoms with Crippen LogP contribution < -0.4 is 11.1 Å². The molecule has 1 amide bonds. The van der Waals surface area contributed by atoms with Gasteiger partial charge in [-0.2, -0.15) is 5.10 Å². The summed E-state index contributed by atoms with van der Waals surface area (Å²) >= 11 is 0. The smallest absolute Gasteiger partial charge is 0.271 e. The summed E-state index contributed by atoms with van der Waals surface area (Å²) in [7, 11) is 3.91. The van der Waals surface area contributed by atoms with Crippen molar-refractivity contribution >= 4 is 11.6 Å². The van der Waals surface area contributed by atoms with Crippen molar-refractivity contribution in [1.29, 1.82) is 0 Å². The Hall–Kier alpha value is -1.56. The van der Waals surface area contributed by atoms with E-state index in [1.807, 2.05) is 25.9 Å². The number of hydrogen-bond acceptors (Lipinski definition) is 4. The molecule has 1 rings (SSSR count). The number of carbonyl (C=O) groups excluding carboxylic acids is 1. The van der Waals surface area contributed by atoms with Crippen LogP contribution in [0.25, 0.3) is 0 Å². The van der Waals surface area contributed by atoms with E-state index in [1.165, 1.54) is 6.20 Å². The van der Waals surface area contributed by atoms with Gasteiger partial charge in [-0.1, -0.05) is 0 Å². The highest BCUT2D eigenvalue weighted by Gasteiger charge is 2.15. The minimum atomic E-state index is -0.168. The van der Waals surface area contributed by atoms with Gasteiger partial charge in [-0.3, -0.25) is 9.48 Å². The number of nitrogens with one attached hydrogen (secondary N) is 1. The number of likely N-dealkylation sites (N-methyl/N-ethyl adjacent to an activating group) is 1. The Morgan fingerprint density at radius 1 is 1.62 bits per heavy atom. The van der Waals surface area contributed by atoms with Crippen LogP contribution in [0.5, 0.6) is 0 Å². The minimum absolute atomic E-state index is 0.168. The lowest BCUT2D eigenvalue weighted by atomic mass is 10.3. The highest BCUT2D eigenvalue weighted by Crippen LogP contribution is 2.09. The summed E-state index contributed by atoms with van der Waals surface area (Å²) < 4.78 is 1.60. The van der Waals surface area contributed by atoms with Crippen molar-refractivity contribution in [1.82, 2.24) is 20.0 Å². The average Bonchev–Trinajstić information content (AvgIpc) is 2.58. The fourth-order valence-corrected chi connectivity index (χ4v) is 1.36. The van der Waals surface area contributed by atoms with E-state index in [2.05, 4.69) is 10.4 Å². The van der Waals surface area contributed by atoms with Crippen LogP contribution in [0, 0.1) is 0 Å². The van der Waals surface area contributed by atoms with Gasteiger partial charge in [-0.25, -0.2) is 0 Å². The van der Waals surface area contributed by atoms with E-state index in [1.54, 1.807) is 4.68 Å². The summed E-state index contributed by atoms with van der Waals surface area (Å²) in [6.07, 6.45) is 1.50. The molecule has 0 aliphatic heterocycles. The molecule has 0 atom stereocenters. The average molecular weight is 225 g/mol. The second kappa shape index (κ2) is 5.50. The Bertz CT molecular complexity index is 358. The summed E-state index contributed by atoms with van der Waals surface area (Å²) in [4.78, 5) is 13.8. The maximum Gasteiger partial charge on any atom is 0.271 e. The summed E-state index contributed by atoms with van der Waals surface area (Å²) in [6, 6.07) is 0. The molecule has 0 aromatic carbocycles. The molecule has 0 fully saturated rings. The zero-order chi connectivity index (χ0) is 12.1. The Labute approximate surface area is 95.4 Å². The van der Waals surface area contributed by atoms with Crippen LogP contribution in [0.4, 0.5) is 5.69 Å². The van der Waals surface area contributed by atoms with E-state index < -0.39 is 0 Å². The molecule has 3 N–H and O–H groups in total. The molecule has 0 aliphatic rings. The number of nitrogen functional groups attached to an aromatic ring is 1. The standard InChI is InChI=1S/C10H19N5O/c1-4-15-9(8(11)7-13-15)10(16)12-5-6-14(2)3/h7H,4-6,11H2,1-3H3,(H,12,16). The highest BCUT2D eigenvalue weighted by molar-refractivity contribution is 5.97. The largest absolute Gasteiger partial charge is 0.396 e. The van der Waals surface area contributed by atoms with Gasteiger partial charge in [-0.05, 0) is 21.0 Å². The van der Waals surface area contributed by atoms with E-state index in [0.717, 1.165) is 6.54 Å². The van der Waals surface area contributed by atoms with Crippen LogP contribution in [0.1, 0.15) is 17.4 Å². The zero-order valence-electron chi connectivity index (χ0n) is 10.0. The van der Waals surface area contributed by atoms with Crippen LogP contribution in [-0.4, -0.2) is 47.8 Å². The highest BCUT2D eigenvalue weighted by atomic mass is 16.2. The summed E-state index contributed by atoms with van der Waals surface area (Å²) in [6.45, 7) is 3.95. The minimum Gasteiger partial charge on any atom is -0.396 e. The van der Waals surface area contributed by atoms with Gasteiger partial charge in [-0.15, -0.1) is 0 Å². The number of rotatable bonds is 5. The van der Waals surface area contributed by atoms with Crippen LogP contribution in [0.3, 0.4) is 0 Å². The third-order valence-electron chi connectivity index (χ3n) is 2.23. The number of amides is 1. The van der Waals surface area contributed by atoms with Crippen molar-refractivity contribution in [3.8, 4) is 0 Å². The van der Waals surface area contributed by atoms with Crippen molar-refractivity contribution in [3.63, 3.8) is 0 Å². The number of nitrogens with two attached hydrogens (primary N) is 1. The number of nitrogens with zero attached hydrogens (tertiary/aromatic N) is 3. The van der Waals surface area contributed by atoms with Crippen LogP contribution in [-0.2, 0) is 6.54 Å². The second-order valence-electron chi connectivity index (χ2n) is 3.82. The normalized spacial score (nSPS) is 10.8. The van der Waals surface area contributed by atoms with E-state index in [-0.39, 0.29) is 5.91 Å². The first-order valence-electron chi connectivity index (χ1n) is 5.30. The monoisotopic (exact) mass is 225 g/mol. The molecule has 0 saturated heterocycles. The van der Waals surface area contributed by atoms with Gasteiger partial charge in [0.25, 0.3) is 5.91 Å². The maximum absolute atomic E-state index is 11.8. The molecule has 0 radical (unpaired) electrons. The van der Waals surface area contributed by atoms with E-state index >= 15 is 0 Å². The molecule has 1 aromatic heterocycles. The Balaban J connectivity index is 2.62. The lowest BCUT2D eigenvalue weighted by molar-refractivity contribution is 0.0941. The summed E-state index contributed by atoms with van der Waals surface area (Å²) in [5.41, 5.74) is 6.56. The van der Waals surface area contributed by atoms with Gasteiger partial charge >= 0.3 is 0 Å². The van der Waals surface area contributed by atoms with Crippen molar-refractivity contribution in [3.05, 3.63) is 11.9 Å². The van der Waals surface area contributed by atoms with Crippen molar-refractivity contribution < 1.29 is 4.79 Å². The topological polar surface area (TPSA) is 76.2 Å². The molecule has 16 heavy (non-hydrogen) atoms.